The van der Waals surface area contributed by atoms with Crippen LogP contribution in [-0.4, -0.2) is 15.8 Å². The minimum Gasteiger partial charge on any atom is -0.324 e. The molecule has 0 radical (unpaired) electrons. The van der Waals surface area contributed by atoms with Gasteiger partial charge in [0.05, 0.1) is 11.1 Å². The van der Waals surface area contributed by atoms with Crippen molar-refractivity contribution in [1.82, 2.24) is 9.55 Å². The Morgan fingerprint density at radius 1 is 1.62 bits per heavy atom. The first-order valence-corrected chi connectivity index (χ1v) is 4.71. The van der Waals surface area contributed by atoms with Crippen LogP contribution in [0.15, 0.2) is 23.7 Å². The summed E-state index contributed by atoms with van der Waals surface area (Å²) in [5.74, 6) is 0.845. The Balaban J connectivity index is 2.53. The van der Waals surface area contributed by atoms with E-state index in [1.165, 1.54) is 0 Å². The Labute approximate surface area is 79.7 Å². The number of aromatic nitrogens is 2. The summed E-state index contributed by atoms with van der Waals surface area (Å²) in [7, 11) is 1.84. The second kappa shape index (κ2) is 3.14. The maximum atomic E-state index is 10.6. The molecule has 0 spiro atoms. The summed E-state index contributed by atoms with van der Waals surface area (Å²) in [6, 6.07) is 3.96. The smallest absolute Gasteiger partial charge is 0.168 e. The first-order valence-electron chi connectivity index (χ1n) is 3.83. The lowest BCUT2D eigenvalue weighted by Gasteiger charge is -1.98. The lowest BCUT2D eigenvalue weighted by molar-refractivity contribution is 0.111. The largest absolute Gasteiger partial charge is 0.324 e. The van der Waals surface area contributed by atoms with E-state index in [0.29, 0.717) is 5.69 Å². The van der Waals surface area contributed by atoms with Gasteiger partial charge in [-0.3, -0.25) is 4.79 Å². The van der Waals surface area contributed by atoms with Gasteiger partial charge in [-0.15, -0.1) is 11.3 Å². The van der Waals surface area contributed by atoms with Gasteiger partial charge in [0.2, 0.25) is 0 Å². The van der Waals surface area contributed by atoms with Crippen molar-refractivity contribution in [1.29, 1.82) is 0 Å². The Hall–Kier alpha value is -1.42. The van der Waals surface area contributed by atoms with E-state index >= 15 is 0 Å². The SMILES string of the molecule is Cn1c(C=O)cnc1-c1cccs1. The average molecular weight is 192 g/mol. The van der Waals surface area contributed by atoms with Crippen molar-refractivity contribution in [3.8, 4) is 10.7 Å². The zero-order chi connectivity index (χ0) is 9.26. The minimum atomic E-state index is 0.600. The lowest BCUT2D eigenvalue weighted by Crippen LogP contribution is -1.95. The first-order chi connectivity index (χ1) is 6.33. The van der Waals surface area contributed by atoms with Crippen molar-refractivity contribution >= 4 is 17.6 Å². The summed E-state index contributed by atoms with van der Waals surface area (Å²) < 4.78 is 1.79. The van der Waals surface area contributed by atoms with E-state index in [4.69, 9.17) is 0 Å². The highest BCUT2D eigenvalue weighted by Crippen LogP contribution is 2.22. The second-order valence-electron chi connectivity index (χ2n) is 2.66. The zero-order valence-corrected chi connectivity index (χ0v) is 7.91. The predicted octanol–water partition coefficient (Wildman–Crippen LogP) is 1.96. The third kappa shape index (κ3) is 1.29. The lowest BCUT2D eigenvalue weighted by atomic mass is 10.4. The zero-order valence-electron chi connectivity index (χ0n) is 7.10. The molecule has 4 heteroatoms. The highest BCUT2D eigenvalue weighted by molar-refractivity contribution is 7.13. The monoisotopic (exact) mass is 192 g/mol. The van der Waals surface area contributed by atoms with Crippen molar-refractivity contribution in [2.45, 2.75) is 0 Å². The van der Waals surface area contributed by atoms with E-state index in [1.54, 1.807) is 22.1 Å². The fraction of sp³-hybridized carbons (Fsp3) is 0.111. The summed E-state index contributed by atoms with van der Waals surface area (Å²) in [5, 5.41) is 1.99. The van der Waals surface area contributed by atoms with Crippen molar-refractivity contribution in [2.24, 2.45) is 7.05 Å². The molecule has 3 nitrogen and oxygen atoms in total. The van der Waals surface area contributed by atoms with Gasteiger partial charge in [0.25, 0.3) is 0 Å². The van der Waals surface area contributed by atoms with E-state index in [0.717, 1.165) is 17.0 Å². The maximum Gasteiger partial charge on any atom is 0.168 e. The van der Waals surface area contributed by atoms with Gasteiger partial charge >= 0.3 is 0 Å². The molecule has 0 aliphatic carbocycles. The average Bonchev–Trinajstić information content (AvgIpc) is 2.72. The number of carbonyl (C=O) groups excluding carboxylic acids is 1. The molecule has 0 atom stereocenters. The van der Waals surface area contributed by atoms with Gasteiger partial charge in [0.1, 0.15) is 11.5 Å². The van der Waals surface area contributed by atoms with E-state index in [2.05, 4.69) is 4.98 Å². The standard InChI is InChI=1S/C9H8N2OS/c1-11-7(6-12)5-10-9(11)8-3-2-4-13-8/h2-6H,1H3. The van der Waals surface area contributed by atoms with Gasteiger partial charge in [0, 0.05) is 7.05 Å². The Bertz CT molecular complexity index is 417. The normalized spacial score (nSPS) is 10.2. The summed E-state index contributed by atoms with van der Waals surface area (Å²) in [6.07, 6.45) is 2.39. The fourth-order valence-corrected chi connectivity index (χ4v) is 1.92. The van der Waals surface area contributed by atoms with E-state index < -0.39 is 0 Å². The predicted molar refractivity (Wildman–Crippen MR) is 51.9 cm³/mol. The second-order valence-corrected chi connectivity index (χ2v) is 3.61. The maximum absolute atomic E-state index is 10.6. The van der Waals surface area contributed by atoms with Crippen LogP contribution in [0.3, 0.4) is 0 Å². The van der Waals surface area contributed by atoms with Crippen molar-refractivity contribution in [3.05, 3.63) is 29.4 Å². The van der Waals surface area contributed by atoms with Crippen LogP contribution in [-0.2, 0) is 7.05 Å². The molecule has 66 valence electrons. The summed E-state index contributed by atoms with van der Waals surface area (Å²) in [6.45, 7) is 0. The van der Waals surface area contributed by atoms with Gasteiger partial charge in [-0.2, -0.15) is 0 Å². The summed E-state index contributed by atoms with van der Waals surface area (Å²) in [4.78, 5) is 15.8. The number of aldehydes is 1. The van der Waals surface area contributed by atoms with Crippen LogP contribution >= 0.6 is 11.3 Å². The first kappa shape index (κ1) is 8.19. The summed E-state index contributed by atoms with van der Waals surface area (Å²) in [5.41, 5.74) is 0.600. The van der Waals surface area contributed by atoms with Gasteiger partial charge in [-0.05, 0) is 11.4 Å². The van der Waals surface area contributed by atoms with E-state index in [9.17, 15) is 4.79 Å². The molecule has 0 saturated heterocycles. The molecule has 2 aromatic rings. The minimum absolute atomic E-state index is 0.600. The van der Waals surface area contributed by atoms with Crippen LogP contribution in [0, 0.1) is 0 Å². The molecule has 0 amide bonds. The topological polar surface area (TPSA) is 34.9 Å². The molecular weight excluding hydrogens is 184 g/mol. The molecule has 0 aliphatic rings. The van der Waals surface area contributed by atoms with Gasteiger partial charge in [0.15, 0.2) is 6.29 Å². The Morgan fingerprint density at radius 2 is 2.46 bits per heavy atom. The molecule has 0 aliphatic heterocycles. The highest BCUT2D eigenvalue weighted by Gasteiger charge is 2.07. The van der Waals surface area contributed by atoms with Gasteiger partial charge in [-0.25, -0.2) is 4.98 Å². The Morgan fingerprint density at radius 3 is 3.00 bits per heavy atom. The number of thiophene rings is 1. The van der Waals surface area contributed by atoms with E-state index in [-0.39, 0.29) is 0 Å². The highest BCUT2D eigenvalue weighted by atomic mass is 32.1. The number of hydrogen-bond acceptors (Lipinski definition) is 3. The van der Waals surface area contributed by atoms with Crippen molar-refractivity contribution in [3.63, 3.8) is 0 Å². The molecule has 2 rings (SSSR count). The van der Waals surface area contributed by atoms with Crippen LogP contribution in [0.2, 0.25) is 0 Å². The molecule has 2 heterocycles. The van der Waals surface area contributed by atoms with Crippen molar-refractivity contribution in [2.75, 3.05) is 0 Å². The number of hydrogen-bond donors (Lipinski definition) is 0. The van der Waals surface area contributed by atoms with Crippen LogP contribution in [0.1, 0.15) is 10.5 Å². The molecule has 0 unspecified atom stereocenters. The molecule has 13 heavy (non-hydrogen) atoms. The number of imidazole rings is 1. The van der Waals surface area contributed by atoms with E-state index in [1.807, 2.05) is 24.6 Å². The number of carbonyl (C=O) groups is 1. The van der Waals surface area contributed by atoms with Gasteiger partial charge < -0.3 is 4.57 Å². The van der Waals surface area contributed by atoms with Crippen LogP contribution in [0.4, 0.5) is 0 Å². The third-order valence-electron chi connectivity index (χ3n) is 1.89. The quantitative estimate of drug-likeness (QED) is 0.682. The number of rotatable bonds is 2. The fourth-order valence-electron chi connectivity index (χ4n) is 1.17. The summed E-state index contributed by atoms with van der Waals surface area (Å²) >= 11 is 1.61. The molecule has 0 bridgehead atoms. The Kier molecular flexibility index (Phi) is 1.98. The molecule has 0 fully saturated rings. The molecule has 0 N–H and O–H groups in total. The molecule has 0 aromatic carbocycles. The van der Waals surface area contributed by atoms with Crippen LogP contribution in [0.5, 0.6) is 0 Å². The van der Waals surface area contributed by atoms with Crippen molar-refractivity contribution < 1.29 is 4.79 Å². The molecular formula is C9H8N2OS. The number of nitrogens with zero attached hydrogens (tertiary/aromatic N) is 2. The molecule has 0 saturated carbocycles. The van der Waals surface area contributed by atoms with Crippen LogP contribution < -0.4 is 0 Å². The third-order valence-corrected chi connectivity index (χ3v) is 2.75. The van der Waals surface area contributed by atoms with Crippen LogP contribution in [0.25, 0.3) is 10.7 Å². The van der Waals surface area contributed by atoms with Gasteiger partial charge in [-0.1, -0.05) is 6.07 Å². The molecule has 2 aromatic heterocycles.